The summed E-state index contributed by atoms with van der Waals surface area (Å²) in [5, 5.41) is 0. The minimum absolute atomic E-state index is 0.148. The lowest BCUT2D eigenvalue weighted by molar-refractivity contribution is 0.358. The molecule has 0 saturated carbocycles. The van der Waals surface area contributed by atoms with Gasteiger partial charge >= 0.3 is 0 Å². The fourth-order valence-electron chi connectivity index (χ4n) is 2.89. The van der Waals surface area contributed by atoms with Crippen molar-refractivity contribution < 1.29 is 0 Å². The van der Waals surface area contributed by atoms with E-state index < -0.39 is 0 Å². The van der Waals surface area contributed by atoms with E-state index in [-0.39, 0.29) is 6.04 Å². The van der Waals surface area contributed by atoms with E-state index in [2.05, 4.69) is 95.6 Å². The molecule has 0 saturated heterocycles. The van der Waals surface area contributed by atoms with Gasteiger partial charge in [0.15, 0.2) is 0 Å². The van der Waals surface area contributed by atoms with E-state index in [1.54, 1.807) is 0 Å². The van der Waals surface area contributed by atoms with Gasteiger partial charge in [0, 0.05) is 26.8 Å². The third-order valence-corrected chi connectivity index (χ3v) is 3.95. The molecule has 3 rings (SSSR count). The zero-order valence-corrected chi connectivity index (χ0v) is 13.1. The zero-order chi connectivity index (χ0) is 15.4. The van der Waals surface area contributed by atoms with Gasteiger partial charge in [0.25, 0.3) is 0 Å². The number of nitrogens with zero attached hydrogens (tertiary/aromatic N) is 3. The van der Waals surface area contributed by atoms with Crippen molar-refractivity contribution in [2.24, 2.45) is 4.99 Å². The fraction of sp³-hybridized carbons (Fsp3) is 0.211. The van der Waals surface area contributed by atoms with Crippen LogP contribution in [0.5, 0.6) is 0 Å². The number of aliphatic imine (C=N–C) groups is 1. The fourth-order valence-corrected chi connectivity index (χ4v) is 2.89. The van der Waals surface area contributed by atoms with Crippen molar-refractivity contribution >= 4 is 5.96 Å². The summed E-state index contributed by atoms with van der Waals surface area (Å²) in [5.41, 5.74) is 2.53. The maximum atomic E-state index is 4.57. The van der Waals surface area contributed by atoms with Crippen LogP contribution in [0.3, 0.4) is 0 Å². The summed E-state index contributed by atoms with van der Waals surface area (Å²) >= 11 is 0. The van der Waals surface area contributed by atoms with Crippen molar-refractivity contribution in [2.45, 2.75) is 6.04 Å². The summed E-state index contributed by atoms with van der Waals surface area (Å²) < 4.78 is 0. The van der Waals surface area contributed by atoms with Crippen molar-refractivity contribution in [3.63, 3.8) is 0 Å². The Balaban J connectivity index is 2.02. The van der Waals surface area contributed by atoms with Gasteiger partial charge in [-0.15, -0.1) is 0 Å². The topological polar surface area (TPSA) is 18.8 Å². The molecule has 0 amide bonds. The summed E-state index contributed by atoms with van der Waals surface area (Å²) in [6.07, 6.45) is 3.95. The Morgan fingerprint density at radius 2 is 1.50 bits per heavy atom. The number of hydrogen-bond acceptors (Lipinski definition) is 3. The molecule has 0 unspecified atom stereocenters. The molecule has 0 radical (unpaired) electrons. The first-order valence-corrected chi connectivity index (χ1v) is 7.54. The monoisotopic (exact) mass is 291 g/mol. The predicted molar refractivity (Wildman–Crippen MR) is 91.7 cm³/mol. The molecule has 2 aromatic carbocycles. The van der Waals surface area contributed by atoms with Crippen molar-refractivity contribution in [2.75, 3.05) is 20.6 Å². The average Bonchev–Trinajstić information content (AvgIpc) is 2.57. The Morgan fingerprint density at radius 3 is 2.00 bits per heavy atom. The minimum atomic E-state index is 0.148. The molecule has 0 fully saturated rings. The van der Waals surface area contributed by atoms with E-state index in [0.717, 1.165) is 12.5 Å². The van der Waals surface area contributed by atoms with Crippen LogP contribution in [0.2, 0.25) is 0 Å². The third-order valence-electron chi connectivity index (χ3n) is 3.95. The SMILES string of the molecule is CN1CC=CN=C1N(C)C(c1ccccc1)c1ccccc1. The largest absolute Gasteiger partial charge is 0.342 e. The van der Waals surface area contributed by atoms with Gasteiger partial charge in [-0.2, -0.15) is 0 Å². The summed E-state index contributed by atoms with van der Waals surface area (Å²) in [6, 6.07) is 21.3. The van der Waals surface area contributed by atoms with Gasteiger partial charge in [-0.1, -0.05) is 60.7 Å². The predicted octanol–water partition coefficient (Wildman–Crippen LogP) is 3.52. The van der Waals surface area contributed by atoms with Crippen LogP contribution in [0.4, 0.5) is 0 Å². The first kappa shape index (κ1) is 14.4. The number of guanidine groups is 1. The molecule has 112 valence electrons. The van der Waals surface area contributed by atoms with Crippen molar-refractivity contribution in [3.05, 3.63) is 84.1 Å². The minimum Gasteiger partial charge on any atom is -0.342 e. The zero-order valence-electron chi connectivity index (χ0n) is 13.1. The number of likely N-dealkylation sites (N-methyl/N-ethyl adjacent to an activating group) is 1. The van der Waals surface area contributed by atoms with Crippen molar-refractivity contribution in [1.29, 1.82) is 0 Å². The molecule has 0 spiro atoms. The summed E-state index contributed by atoms with van der Waals surface area (Å²) in [4.78, 5) is 8.98. The lowest BCUT2D eigenvalue weighted by Crippen LogP contribution is -2.43. The number of rotatable bonds is 3. The first-order chi connectivity index (χ1) is 10.8. The van der Waals surface area contributed by atoms with E-state index in [0.29, 0.717) is 0 Å². The molecule has 1 heterocycles. The van der Waals surface area contributed by atoms with Crippen molar-refractivity contribution in [1.82, 2.24) is 9.80 Å². The molecule has 22 heavy (non-hydrogen) atoms. The van der Waals surface area contributed by atoms with Crippen LogP contribution < -0.4 is 0 Å². The van der Waals surface area contributed by atoms with Gasteiger partial charge in [0.2, 0.25) is 5.96 Å². The second-order valence-corrected chi connectivity index (χ2v) is 5.53. The van der Waals surface area contributed by atoms with E-state index in [4.69, 9.17) is 0 Å². The van der Waals surface area contributed by atoms with E-state index in [9.17, 15) is 0 Å². The number of hydrogen-bond donors (Lipinski definition) is 0. The highest BCUT2D eigenvalue weighted by Gasteiger charge is 2.24. The van der Waals surface area contributed by atoms with Crippen LogP contribution in [-0.2, 0) is 0 Å². The van der Waals surface area contributed by atoms with E-state index >= 15 is 0 Å². The first-order valence-electron chi connectivity index (χ1n) is 7.54. The Hall–Kier alpha value is -2.55. The molecule has 1 aliphatic rings. The van der Waals surface area contributed by atoms with Gasteiger partial charge in [-0.25, -0.2) is 4.99 Å². The van der Waals surface area contributed by atoms with E-state index in [1.807, 2.05) is 6.20 Å². The molecular formula is C19H21N3. The van der Waals surface area contributed by atoms with Crippen LogP contribution in [0.25, 0.3) is 0 Å². The summed E-state index contributed by atoms with van der Waals surface area (Å²) in [6.45, 7) is 0.888. The molecule has 0 atom stereocenters. The summed E-state index contributed by atoms with van der Waals surface area (Å²) in [7, 11) is 4.19. The van der Waals surface area contributed by atoms with Crippen LogP contribution in [-0.4, -0.2) is 36.4 Å². The quantitative estimate of drug-likeness (QED) is 0.861. The standard InChI is InChI=1S/C19H21N3/c1-21-15-9-14-20-19(21)22(2)18(16-10-5-3-6-11-16)17-12-7-4-8-13-17/h3-14,18H,15H2,1-2H3. The Morgan fingerprint density at radius 1 is 0.955 bits per heavy atom. The molecule has 1 aliphatic heterocycles. The normalized spacial score (nSPS) is 14.1. The molecule has 3 heteroatoms. The maximum absolute atomic E-state index is 4.57. The Bertz CT molecular complexity index is 622. The average molecular weight is 291 g/mol. The lowest BCUT2D eigenvalue weighted by Gasteiger charge is -2.36. The lowest BCUT2D eigenvalue weighted by atomic mass is 9.97. The summed E-state index contributed by atoms with van der Waals surface area (Å²) in [5.74, 6) is 0.986. The Labute approximate surface area is 132 Å². The van der Waals surface area contributed by atoms with Gasteiger partial charge in [0.05, 0.1) is 6.04 Å². The van der Waals surface area contributed by atoms with Crippen LogP contribution >= 0.6 is 0 Å². The molecular weight excluding hydrogens is 270 g/mol. The highest BCUT2D eigenvalue weighted by molar-refractivity contribution is 5.82. The van der Waals surface area contributed by atoms with Gasteiger partial charge in [-0.05, 0) is 17.2 Å². The molecule has 0 bridgehead atoms. The second kappa shape index (κ2) is 6.48. The Kier molecular flexibility index (Phi) is 4.24. The molecule has 2 aromatic rings. The highest BCUT2D eigenvalue weighted by atomic mass is 15.4. The second-order valence-electron chi connectivity index (χ2n) is 5.53. The van der Waals surface area contributed by atoms with Crippen LogP contribution in [0.1, 0.15) is 17.2 Å². The van der Waals surface area contributed by atoms with Gasteiger partial charge in [0.1, 0.15) is 0 Å². The molecule has 0 N–H and O–H groups in total. The molecule has 3 nitrogen and oxygen atoms in total. The smallest absolute Gasteiger partial charge is 0.201 e. The maximum Gasteiger partial charge on any atom is 0.201 e. The van der Waals surface area contributed by atoms with Crippen LogP contribution in [0, 0.1) is 0 Å². The number of benzene rings is 2. The van der Waals surface area contributed by atoms with Gasteiger partial charge < -0.3 is 9.80 Å². The van der Waals surface area contributed by atoms with E-state index in [1.165, 1.54) is 11.1 Å². The molecule has 0 aromatic heterocycles. The highest BCUT2D eigenvalue weighted by Crippen LogP contribution is 2.28. The third kappa shape index (κ3) is 2.89. The van der Waals surface area contributed by atoms with Crippen molar-refractivity contribution in [3.8, 4) is 0 Å². The molecule has 0 aliphatic carbocycles. The van der Waals surface area contributed by atoms with Gasteiger partial charge in [-0.3, -0.25) is 0 Å². The van der Waals surface area contributed by atoms with Crippen LogP contribution in [0.15, 0.2) is 77.9 Å².